The number of pyridine rings is 1. The number of hydrogen-bond acceptors (Lipinski definition) is 3. The summed E-state index contributed by atoms with van der Waals surface area (Å²) in [6.45, 7) is 2.16. The molecule has 0 unspecified atom stereocenters. The zero-order valence-electron chi connectivity index (χ0n) is 8.34. The highest BCUT2D eigenvalue weighted by Gasteiger charge is 2.11. The third kappa shape index (κ3) is 3.06. The Balaban J connectivity index is 2.03. The molecule has 1 N–H and O–H groups in total. The van der Waals surface area contributed by atoms with Gasteiger partial charge in [0.25, 0.3) is 0 Å². The second-order valence-electron chi connectivity index (χ2n) is 3.64. The summed E-state index contributed by atoms with van der Waals surface area (Å²) >= 11 is 9.26. The van der Waals surface area contributed by atoms with Gasteiger partial charge in [0.1, 0.15) is 0 Å². The summed E-state index contributed by atoms with van der Waals surface area (Å²) in [5, 5.41) is 2.84. The van der Waals surface area contributed by atoms with Crippen LogP contribution < -0.4 is 5.43 Å². The van der Waals surface area contributed by atoms with Crippen LogP contribution in [0, 0.1) is 0 Å². The van der Waals surface area contributed by atoms with E-state index in [0.717, 1.165) is 23.4 Å². The summed E-state index contributed by atoms with van der Waals surface area (Å²) < 4.78 is 0.903. The molecule has 0 amide bonds. The lowest BCUT2D eigenvalue weighted by molar-refractivity contribution is 0.272. The first-order valence-corrected chi connectivity index (χ1v) is 6.25. The van der Waals surface area contributed by atoms with Crippen molar-refractivity contribution in [3.05, 3.63) is 21.8 Å². The van der Waals surface area contributed by atoms with Crippen molar-refractivity contribution >= 4 is 33.3 Å². The lowest BCUT2D eigenvalue weighted by Gasteiger charge is -2.27. The van der Waals surface area contributed by atoms with Crippen molar-refractivity contribution in [2.24, 2.45) is 0 Å². The van der Waals surface area contributed by atoms with E-state index >= 15 is 0 Å². The minimum Gasteiger partial charge on any atom is -0.302 e. The highest BCUT2D eigenvalue weighted by atomic mass is 79.9. The fourth-order valence-corrected chi connectivity index (χ4v) is 2.38. The Morgan fingerprint density at radius 3 is 2.73 bits per heavy atom. The van der Waals surface area contributed by atoms with Crippen LogP contribution >= 0.6 is 27.5 Å². The predicted octanol–water partition coefficient (Wildman–Crippen LogP) is 3.31. The van der Waals surface area contributed by atoms with Gasteiger partial charge in [0.2, 0.25) is 0 Å². The van der Waals surface area contributed by atoms with Crippen LogP contribution in [0.3, 0.4) is 0 Å². The monoisotopic (exact) mass is 289 g/mol. The van der Waals surface area contributed by atoms with Crippen LogP contribution in [0.1, 0.15) is 19.3 Å². The first-order chi connectivity index (χ1) is 7.25. The summed E-state index contributed by atoms with van der Waals surface area (Å²) in [5.74, 6) is 0.835. The Morgan fingerprint density at radius 2 is 2.07 bits per heavy atom. The summed E-state index contributed by atoms with van der Waals surface area (Å²) in [6, 6.07) is 1.85. The first kappa shape index (κ1) is 11.2. The number of rotatable bonds is 2. The average molecular weight is 291 g/mol. The second-order valence-corrected chi connectivity index (χ2v) is 4.93. The van der Waals surface area contributed by atoms with Gasteiger partial charge < -0.3 is 5.43 Å². The summed E-state index contributed by atoms with van der Waals surface area (Å²) in [7, 11) is 0. The molecule has 82 valence electrons. The number of halogens is 2. The van der Waals surface area contributed by atoms with Crippen LogP contribution in [0.15, 0.2) is 16.7 Å². The van der Waals surface area contributed by atoms with E-state index in [1.807, 2.05) is 6.07 Å². The van der Waals surface area contributed by atoms with Gasteiger partial charge in [0.15, 0.2) is 5.82 Å². The molecule has 2 rings (SSSR count). The van der Waals surface area contributed by atoms with E-state index in [-0.39, 0.29) is 0 Å². The summed E-state index contributed by atoms with van der Waals surface area (Å²) in [4.78, 5) is 4.24. The summed E-state index contributed by atoms with van der Waals surface area (Å²) in [5.41, 5.74) is 3.29. The van der Waals surface area contributed by atoms with Gasteiger partial charge in [-0.2, -0.15) is 0 Å². The average Bonchev–Trinajstić information content (AvgIpc) is 2.24. The third-order valence-electron chi connectivity index (χ3n) is 2.43. The molecule has 1 aromatic heterocycles. The number of hydrazine groups is 1. The molecule has 15 heavy (non-hydrogen) atoms. The molecular weight excluding hydrogens is 277 g/mol. The second kappa shape index (κ2) is 5.14. The van der Waals surface area contributed by atoms with Crippen molar-refractivity contribution in [1.29, 1.82) is 0 Å². The van der Waals surface area contributed by atoms with Crippen molar-refractivity contribution in [1.82, 2.24) is 9.99 Å². The largest absolute Gasteiger partial charge is 0.302 e. The zero-order chi connectivity index (χ0) is 10.7. The van der Waals surface area contributed by atoms with E-state index in [2.05, 4.69) is 31.3 Å². The molecule has 0 aliphatic carbocycles. The molecule has 1 aliphatic rings. The number of piperidine rings is 1. The molecule has 0 bridgehead atoms. The third-order valence-corrected chi connectivity index (χ3v) is 3.24. The van der Waals surface area contributed by atoms with Crippen LogP contribution in [0.25, 0.3) is 0 Å². The van der Waals surface area contributed by atoms with Gasteiger partial charge in [0, 0.05) is 19.3 Å². The van der Waals surface area contributed by atoms with Gasteiger partial charge in [-0.1, -0.05) is 18.0 Å². The Morgan fingerprint density at radius 1 is 1.33 bits per heavy atom. The fraction of sp³-hybridized carbons (Fsp3) is 0.500. The van der Waals surface area contributed by atoms with E-state index in [9.17, 15) is 0 Å². The molecule has 5 heteroatoms. The minimum atomic E-state index is 0.645. The number of aromatic nitrogens is 1. The molecule has 1 aliphatic heterocycles. The van der Waals surface area contributed by atoms with Crippen LogP contribution in [0.2, 0.25) is 5.02 Å². The van der Waals surface area contributed by atoms with Gasteiger partial charge in [-0.25, -0.2) is 9.99 Å². The Kier molecular flexibility index (Phi) is 3.83. The lowest BCUT2D eigenvalue weighted by Crippen LogP contribution is -2.35. The molecule has 1 aromatic rings. The lowest BCUT2D eigenvalue weighted by atomic mass is 10.2. The highest BCUT2D eigenvalue weighted by Crippen LogP contribution is 2.24. The molecule has 0 atom stereocenters. The molecule has 1 fully saturated rings. The van der Waals surface area contributed by atoms with E-state index in [0.29, 0.717) is 5.02 Å². The summed E-state index contributed by atoms with van der Waals surface area (Å²) in [6.07, 6.45) is 5.47. The zero-order valence-corrected chi connectivity index (χ0v) is 10.7. The van der Waals surface area contributed by atoms with Crippen LogP contribution in [0.4, 0.5) is 5.82 Å². The molecule has 0 saturated carbocycles. The Labute approximate surface area is 103 Å². The molecule has 1 saturated heterocycles. The standard InChI is InChI=1S/C10H13BrClN3/c11-9-6-8(12)7-13-10(9)14-15-4-2-1-3-5-15/h6-7H,1-5H2,(H,13,14). The molecular formula is C10H13BrClN3. The topological polar surface area (TPSA) is 28.2 Å². The van der Waals surface area contributed by atoms with Crippen molar-refractivity contribution < 1.29 is 0 Å². The number of nitrogens with zero attached hydrogens (tertiary/aromatic N) is 2. The maximum Gasteiger partial charge on any atom is 0.154 e. The van der Waals surface area contributed by atoms with Crippen molar-refractivity contribution in [2.45, 2.75) is 19.3 Å². The number of nitrogens with one attached hydrogen (secondary N) is 1. The Bertz CT molecular complexity index is 339. The Hall–Kier alpha value is -0.320. The molecule has 0 radical (unpaired) electrons. The van der Waals surface area contributed by atoms with Crippen LogP contribution in [0.5, 0.6) is 0 Å². The fourth-order valence-electron chi connectivity index (χ4n) is 1.65. The van der Waals surface area contributed by atoms with E-state index in [4.69, 9.17) is 11.6 Å². The maximum atomic E-state index is 5.83. The van der Waals surface area contributed by atoms with Crippen LogP contribution in [-0.4, -0.2) is 23.1 Å². The van der Waals surface area contributed by atoms with Crippen molar-refractivity contribution in [2.75, 3.05) is 18.5 Å². The quantitative estimate of drug-likeness (QED) is 0.906. The SMILES string of the molecule is Clc1cnc(NN2CCCCC2)c(Br)c1. The maximum absolute atomic E-state index is 5.83. The predicted molar refractivity (Wildman–Crippen MR) is 66.0 cm³/mol. The normalized spacial score (nSPS) is 17.7. The van der Waals surface area contributed by atoms with Crippen molar-refractivity contribution in [3.63, 3.8) is 0 Å². The molecule has 3 nitrogen and oxygen atoms in total. The smallest absolute Gasteiger partial charge is 0.154 e. The number of anilines is 1. The highest BCUT2D eigenvalue weighted by molar-refractivity contribution is 9.10. The van der Waals surface area contributed by atoms with Gasteiger partial charge >= 0.3 is 0 Å². The minimum absolute atomic E-state index is 0.645. The van der Waals surface area contributed by atoms with Crippen LogP contribution in [-0.2, 0) is 0 Å². The first-order valence-electron chi connectivity index (χ1n) is 5.08. The van der Waals surface area contributed by atoms with Gasteiger partial charge in [-0.05, 0) is 34.8 Å². The molecule has 0 spiro atoms. The van der Waals surface area contributed by atoms with E-state index in [1.165, 1.54) is 19.3 Å². The van der Waals surface area contributed by atoms with Gasteiger partial charge in [-0.15, -0.1) is 0 Å². The van der Waals surface area contributed by atoms with Gasteiger partial charge in [-0.3, -0.25) is 0 Å². The molecule has 0 aromatic carbocycles. The molecule has 2 heterocycles. The van der Waals surface area contributed by atoms with Crippen molar-refractivity contribution in [3.8, 4) is 0 Å². The van der Waals surface area contributed by atoms with E-state index < -0.39 is 0 Å². The van der Waals surface area contributed by atoms with Gasteiger partial charge in [0.05, 0.1) is 9.50 Å². The number of hydrogen-bond donors (Lipinski definition) is 1. The van der Waals surface area contributed by atoms with E-state index in [1.54, 1.807) is 6.20 Å².